The number of thiazole rings is 1. The molecule has 1 aromatic heterocycles. The van der Waals surface area contributed by atoms with E-state index in [1.165, 1.54) is 23.1 Å². The van der Waals surface area contributed by atoms with Crippen molar-refractivity contribution in [2.24, 2.45) is 0 Å². The van der Waals surface area contributed by atoms with Crippen LogP contribution in [0.1, 0.15) is 5.56 Å². The number of para-hydroxylation sites is 1. The molecule has 3 rings (SSSR count). The summed E-state index contributed by atoms with van der Waals surface area (Å²) in [6.45, 7) is 0. The summed E-state index contributed by atoms with van der Waals surface area (Å²) in [5.41, 5.74) is 1.20. The van der Waals surface area contributed by atoms with Crippen LogP contribution < -0.4 is 0 Å². The van der Waals surface area contributed by atoms with Crippen LogP contribution in [0, 0.1) is 17.1 Å². The molecule has 0 aliphatic rings. The van der Waals surface area contributed by atoms with Gasteiger partial charge >= 0.3 is 0 Å². The van der Waals surface area contributed by atoms with Crippen LogP contribution in [0.4, 0.5) is 4.39 Å². The quantitative estimate of drug-likeness (QED) is 0.625. The molecule has 0 aliphatic heterocycles. The van der Waals surface area contributed by atoms with Crippen LogP contribution in [0.3, 0.4) is 0 Å². The Hall–Kier alpha value is -1.42. The molecule has 3 aromatic rings. The van der Waals surface area contributed by atoms with E-state index in [1.807, 2.05) is 30.3 Å². The Bertz CT molecular complexity index is 806. The number of hydrogen-bond acceptors (Lipinski definition) is 4. The van der Waals surface area contributed by atoms with Crippen LogP contribution in [0.15, 0.2) is 50.1 Å². The summed E-state index contributed by atoms with van der Waals surface area (Å²) >= 11 is 5.90. The van der Waals surface area contributed by atoms with Crippen molar-refractivity contribution in [1.82, 2.24) is 4.98 Å². The zero-order valence-corrected chi connectivity index (χ0v) is 13.1. The highest BCUT2D eigenvalue weighted by Gasteiger charge is 2.14. The number of aromatic nitrogens is 1. The maximum absolute atomic E-state index is 14.1. The van der Waals surface area contributed by atoms with E-state index in [0.717, 1.165) is 14.6 Å². The van der Waals surface area contributed by atoms with Crippen LogP contribution in [0.25, 0.3) is 10.2 Å². The van der Waals surface area contributed by atoms with Crippen molar-refractivity contribution < 1.29 is 4.39 Å². The van der Waals surface area contributed by atoms with E-state index in [-0.39, 0.29) is 10.0 Å². The highest BCUT2D eigenvalue weighted by Crippen LogP contribution is 2.37. The highest BCUT2D eigenvalue weighted by molar-refractivity contribution is 9.10. The lowest BCUT2D eigenvalue weighted by Gasteiger charge is -2.03. The average Bonchev–Trinajstić information content (AvgIpc) is 2.86. The summed E-state index contributed by atoms with van der Waals surface area (Å²) in [4.78, 5) is 4.91. The summed E-state index contributed by atoms with van der Waals surface area (Å²) in [5.74, 6) is -0.423. The number of fused-ring (bicyclic) bond motifs is 1. The maximum atomic E-state index is 14.1. The minimum atomic E-state index is -0.423. The van der Waals surface area contributed by atoms with Crippen LogP contribution in [0.2, 0.25) is 0 Å². The number of halogens is 2. The first kappa shape index (κ1) is 13.6. The van der Waals surface area contributed by atoms with Crippen LogP contribution in [-0.2, 0) is 0 Å². The molecule has 0 amide bonds. The molecule has 20 heavy (non-hydrogen) atoms. The Labute approximate surface area is 131 Å². The second kappa shape index (κ2) is 5.52. The SMILES string of the molecule is N#Cc1ccc(Sc2nc3ccccc3s2)c(F)c1Br. The van der Waals surface area contributed by atoms with Crippen molar-refractivity contribution in [3.05, 3.63) is 52.3 Å². The van der Waals surface area contributed by atoms with E-state index in [1.54, 1.807) is 12.1 Å². The fourth-order valence-electron chi connectivity index (χ4n) is 1.69. The molecule has 0 atom stereocenters. The molecule has 1 heterocycles. The predicted octanol–water partition coefficient (Wildman–Crippen LogP) is 5.22. The Kier molecular flexibility index (Phi) is 3.74. The van der Waals surface area contributed by atoms with E-state index >= 15 is 0 Å². The third-order valence-electron chi connectivity index (χ3n) is 2.64. The molecule has 0 bridgehead atoms. The zero-order chi connectivity index (χ0) is 14.1. The Morgan fingerprint density at radius 1 is 1.25 bits per heavy atom. The van der Waals surface area contributed by atoms with Crippen molar-refractivity contribution in [3.63, 3.8) is 0 Å². The van der Waals surface area contributed by atoms with Crippen molar-refractivity contribution >= 4 is 49.2 Å². The van der Waals surface area contributed by atoms with E-state index in [9.17, 15) is 4.39 Å². The van der Waals surface area contributed by atoms with Gasteiger partial charge in [0.1, 0.15) is 6.07 Å². The molecule has 0 N–H and O–H groups in total. The van der Waals surface area contributed by atoms with Gasteiger partial charge in [-0.2, -0.15) is 5.26 Å². The van der Waals surface area contributed by atoms with Gasteiger partial charge < -0.3 is 0 Å². The lowest BCUT2D eigenvalue weighted by atomic mass is 10.2. The predicted molar refractivity (Wildman–Crippen MR) is 82.6 cm³/mol. The van der Waals surface area contributed by atoms with Crippen LogP contribution in [0.5, 0.6) is 0 Å². The van der Waals surface area contributed by atoms with E-state index in [0.29, 0.717) is 4.90 Å². The normalized spacial score (nSPS) is 10.7. The van der Waals surface area contributed by atoms with E-state index < -0.39 is 5.82 Å². The first-order valence-corrected chi connectivity index (χ1v) is 8.03. The topological polar surface area (TPSA) is 36.7 Å². The van der Waals surface area contributed by atoms with Crippen molar-refractivity contribution in [2.75, 3.05) is 0 Å². The number of rotatable bonds is 2. The molecule has 98 valence electrons. The fraction of sp³-hybridized carbons (Fsp3) is 0. The van der Waals surface area contributed by atoms with Crippen molar-refractivity contribution in [2.45, 2.75) is 9.24 Å². The van der Waals surface area contributed by atoms with Gasteiger partial charge in [-0.1, -0.05) is 23.9 Å². The van der Waals surface area contributed by atoms with Crippen LogP contribution >= 0.6 is 39.0 Å². The van der Waals surface area contributed by atoms with Crippen molar-refractivity contribution in [1.29, 1.82) is 5.26 Å². The van der Waals surface area contributed by atoms with Gasteiger partial charge in [0.2, 0.25) is 0 Å². The van der Waals surface area contributed by atoms with Gasteiger partial charge in [0.15, 0.2) is 10.2 Å². The molecule has 0 fully saturated rings. The summed E-state index contributed by atoms with van der Waals surface area (Å²) in [5, 5.41) is 8.86. The number of nitriles is 1. The van der Waals surface area contributed by atoms with Crippen molar-refractivity contribution in [3.8, 4) is 6.07 Å². The molecule has 2 aromatic carbocycles. The van der Waals surface area contributed by atoms with E-state index in [4.69, 9.17) is 5.26 Å². The summed E-state index contributed by atoms with van der Waals surface area (Å²) in [7, 11) is 0. The zero-order valence-electron chi connectivity index (χ0n) is 9.93. The number of benzene rings is 2. The van der Waals surface area contributed by atoms with Gasteiger partial charge in [0, 0.05) is 0 Å². The first-order chi connectivity index (χ1) is 9.69. The van der Waals surface area contributed by atoms with Gasteiger partial charge in [-0.15, -0.1) is 11.3 Å². The lowest BCUT2D eigenvalue weighted by Crippen LogP contribution is -1.87. The van der Waals surface area contributed by atoms with Gasteiger partial charge in [-0.05, 0) is 40.2 Å². The minimum Gasteiger partial charge on any atom is -0.229 e. The number of nitrogens with zero attached hydrogens (tertiary/aromatic N) is 2. The highest BCUT2D eigenvalue weighted by atomic mass is 79.9. The average molecular weight is 365 g/mol. The molecule has 0 aliphatic carbocycles. The summed E-state index contributed by atoms with van der Waals surface area (Å²) in [6, 6.07) is 12.9. The van der Waals surface area contributed by atoms with Crippen LogP contribution in [-0.4, -0.2) is 4.98 Å². The maximum Gasteiger partial charge on any atom is 0.156 e. The summed E-state index contributed by atoms with van der Waals surface area (Å²) in [6.07, 6.45) is 0. The van der Waals surface area contributed by atoms with Gasteiger partial charge in [0.25, 0.3) is 0 Å². The molecular formula is C14H6BrFN2S2. The van der Waals surface area contributed by atoms with E-state index in [2.05, 4.69) is 20.9 Å². The standard InChI is InChI=1S/C14H6BrFN2S2/c15-12-8(7-17)5-6-11(13(12)16)20-14-18-9-3-1-2-4-10(9)19-14/h1-6H. The molecule has 0 unspecified atom stereocenters. The smallest absolute Gasteiger partial charge is 0.156 e. The third kappa shape index (κ3) is 2.44. The largest absolute Gasteiger partial charge is 0.229 e. The molecular weight excluding hydrogens is 359 g/mol. The Balaban J connectivity index is 1.99. The molecule has 2 nitrogen and oxygen atoms in total. The molecule has 0 radical (unpaired) electrons. The Morgan fingerprint density at radius 2 is 2.05 bits per heavy atom. The summed E-state index contributed by atoms with van der Waals surface area (Å²) < 4.78 is 16.2. The fourth-order valence-corrected chi connectivity index (χ4v) is 4.31. The second-order valence-electron chi connectivity index (χ2n) is 3.90. The number of hydrogen-bond donors (Lipinski definition) is 0. The first-order valence-electron chi connectivity index (χ1n) is 5.60. The second-order valence-corrected chi connectivity index (χ2v) is 7.01. The molecule has 0 saturated heterocycles. The minimum absolute atomic E-state index is 0.200. The molecule has 6 heteroatoms. The Morgan fingerprint density at radius 3 is 2.80 bits per heavy atom. The van der Waals surface area contributed by atoms with Gasteiger partial charge in [-0.25, -0.2) is 9.37 Å². The monoisotopic (exact) mass is 364 g/mol. The lowest BCUT2D eigenvalue weighted by molar-refractivity contribution is 0.594. The van der Waals surface area contributed by atoms with Gasteiger partial charge in [0.05, 0.1) is 25.1 Å². The molecule has 0 saturated carbocycles. The third-order valence-corrected chi connectivity index (χ3v) is 5.55. The van der Waals surface area contributed by atoms with Gasteiger partial charge in [-0.3, -0.25) is 0 Å². The molecule has 0 spiro atoms.